The number of nitrogens with zero attached hydrogens (tertiary/aromatic N) is 1. The summed E-state index contributed by atoms with van der Waals surface area (Å²) in [4.78, 5) is 4.28. The maximum absolute atomic E-state index is 10.8. The Hall–Kier alpha value is -1.49. The van der Waals surface area contributed by atoms with Gasteiger partial charge in [0.1, 0.15) is 5.60 Å². The molecule has 0 spiro atoms. The van der Waals surface area contributed by atoms with Gasteiger partial charge in [-0.15, -0.1) is 0 Å². The number of pyridine rings is 1. The summed E-state index contributed by atoms with van der Waals surface area (Å²) in [6.07, 6.45) is 3.10. The van der Waals surface area contributed by atoms with Crippen molar-refractivity contribution in [2.45, 2.75) is 18.4 Å². The number of benzene rings is 1. The van der Waals surface area contributed by atoms with E-state index in [-0.39, 0.29) is 6.61 Å². The van der Waals surface area contributed by atoms with Gasteiger partial charge in [-0.2, -0.15) is 0 Å². The molecule has 1 atom stereocenters. The van der Waals surface area contributed by atoms with E-state index >= 15 is 0 Å². The third kappa shape index (κ3) is 3.10. The molecule has 1 aromatic carbocycles. The van der Waals surface area contributed by atoms with Crippen molar-refractivity contribution in [2.24, 2.45) is 5.73 Å². The molecule has 102 valence electrons. The maximum atomic E-state index is 10.8. The first kappa shape index (κ1) is 13.9. The van der Waals surface area contributed by atoms with E-state index in [0.29, 0.717) is 13.0 Å². The molecular formula is C15H20N2O2. The van der Waals surface area contributed by atoms with Crippen LogP contribution in [0.4, 0.5) is 0 Å². The summed E-state index contributed by atoms with van der Waals surface area (Å²) in [6.45, 7) is 0.819. The highest BCUT2D eigenvalue weighted by Gasteiger charge is 2.28. The van der Waals surface area contributed by atoms with Crippen molar-refractivity contribution < 1.29 is 9.84 Å². The first-order chi connectivity index (χ1) is 9.19. The summed E-state index contributed by atoms with van der Waals surface area (Å²) in [7, 11) is 1.59. The Labute approximate surface area is 113 Å². The molecule has 2 rings (SSSR count). The van der Waals surface area contributed by atoms with Gasteiger partial charge in [-0.25, -0.2) is 0 Å². The highest BCUT2D eigenvalue weighted by molar-refractivity contribution is 5.79. The number of hydrogen-bond donors (Lipinski definition) is 2. The van der Waals surface area contributed by atoms with Crippen LogP contribution in [0.25, 0.3) is 10.9 Å². The van der Waals surface area contributed by atoms with Crippen molar-refractivity contribution >= 4 is 10.9 Å². The predicted octanol–water partition coefficient (Wildman–Crippen LogP) is 1.81. The van der Waals surface area contributed by atoms with E-state index in [1.54, 1.807) is 13.3 Å². The topological polar surface area (TPSA) is 68.4 Å². The standard InChI is InChI=1S/C15H20N2O2/c1-19-11-15(18,7-3-8-16)13-5-6-14-12(10-13)4-2-9-17-14/h2,4-6,9-10,18H,3,7-8,11,16H2,1H3. The van der Waals surface area contributed by atoms with Crippen LogP contribution in [0.2, 0.25) is 0 Å². The number of fused-ring (bicyclic) bond motifs is 1. The molecule has 0 saturated heterocycles. The molecule has 1 aromatic heterocycles. The van der Waals surface area contributed by atoms with E-state index in [9.17, 15) is 5.11 Å². The van der Waals surface area contributed by atoms with Crippen molar-refractivity contribution in [1.29, 1.82) is 0 Å². The minimum Gasteiger partial charge on any atom is -0.383 e. The van der Waals surface area contributed by atoms with Crippen LogP contribution in [0.3, 0.4) is 0 Å². The molecule has 2 aromatic rings. The molecule has 0 aliphatic carbocycles. The largest absolute Gasteiger partial charge is 0.383 e. The van der Waals surface area contributed by atoms with Crippen LogP contribution in [0, 0.1) is 0 Å². The maximum Gasteiger partial charge on any atom is 0.113 e. The molecule has 3 N–H and O–H groups in total. The highest BCUT2D eigenvalue weighted by atomic mass is 16.5. The SMILES string of the molecule is COCC(O)(CCCN)c1ccc2ncccc2c1. The summed E-state index contributed by atoms with van der Waals surface area (Å²) < 4.78 is 5.16. The zero-order valence-corrected chi connectivity index (χ0v) is 11.2. The molecule has 1 heterocycles. The van der Waals surface area contributed by atoms with Gasteiger partial charge in [-0.3, -0.25) is 4.98 Å². The van der Waals surface area contributed by atoms with Crippen molar-refractivity contribution in [1.82, 2.24) is 4.98 Å². The Morgan fingerprint density at radius 2 is 2.21 bits per heavy atom. The third-order valence-electron chi connectivity index (χ3n) is 3.32. The van der Waals surface area contributed by atoms with Crippen LogP contribution in [-0.4, -0.2) is 30.4 Å². The molecule has 19 heavy (non-hydrogen) atoms. The quantitative estimate of drug-likeness (QED) is 0.831. The number of rotatable bonds is 6. The van der Waals surface area contributed by atoms with Gasteiger partial charge >= 0.3 is 0 Å². The van der Waals surface area contributed by atoms with Gasteiger partial charge in [-0.1, -0.05) is 12.1 Å². The van der Waals surface area contributed by atoms with Crippen LogP contribution >= 0.6 is 0 Å². The molecule has 0 amide bonds. The zero-order chi connectivity index (χ0) is 13.7. The van der Waals surface area contributed by atoms with Gasteiger partial charge < -0.3 is 15.6 Å². The zero-order valence-electron chi connectivity index (χ0n) is 11.2. The molecule has 4 nitrogen and oxygen atoms in total. The van der Waals surface area contributed by atoms with E-state index in [1.807, 2.05) is 30.3 Å². The van der Waals surface area contributed by atoms with Gasteiger partial charge in [0.15, 0.2) is 0 Å². The summed E-state index contributed by atoms with van der Waals surface area (Å²) in [6, 6.07) is 9.68. The number of nitrogens with two attached hydrogens (primary N) is 1. The lowest BCUT2D eigenvalue weighted by Gasteiger charge is -2.28. The van der Waals surface area contributed by atoms with Crippen molar-refractivity contribution in [3.63, 3.8) is 0 Å². The molecule has 0 saturated carbocycles. The molecule has 0 bridgehead atoms. The summed E-state index contributed by atoms with van der Waals surface area (Å²) in [5.41, 5.74) is 6.32. The average molecular weight is 260 g/mol. The van der Waals surface area contributed by atoms with Crippen LogP contribution in [0.15, 0.2) is 36.5 Å². The van der Waals surface area contributed by atoms with Gasteiger partial charge in [-0.05, 0) is 43.1 Å². The number of methoxy groups -OCH3 is 1. The molecule has 0 aliphatic rings. The Bertz CT molecular complexity index is 544. The monoisotopic (exact) mass is 260 g/mol. The lowest BCUT2D eigenvalue weighted by molar-refractivity contribution is -0.0428. The predicted molar refractivity (Wildman–Crippen MR) is 75.8 cm³/mol. The van der Waals surface area contributed by atoms with Crippen molar-refractivity contribution in [3.05, 3.63) is 42.1 Å². The van der Waals surface area contributed by atoms with Crippen LogP contribution in [0.1, 0.15) is 18.4 Å². The second kappa shape index (κ2) is 6.10. The van der Waals surface area contributed by atoms with Crippen LogP contribution in [-0.2, 0) is 10.3 Å². The number of aromatic nitrogens is 1. The number of aliphatic hydroxyl groups is 1. The van der Waals surface area contributed by atoms with Gasteiger partial charge in [0.05, 0.1) is 12.1 Å². The Kier molecular flexibility index (Phi) is 4.47. The fourth-order valence-electron chi connectivity index (χ4n) is 2.30. The summed E-state index contributed by atoms with van der Waals surface area (Å²) in [5.74, 6) is 0. The van der Waals surface area contributed by atoms with Crippen molar-refractivity contribution in [3.8, 4) is 0 Å². The van der Waals surface area contributed by atoms with E-state index in [2.05, 4.69) is 4.98 Å². The fraction of sp³-hybridized carbons (Fsp3) is 0.400. The normalized spacial score (nSPS) is 14.5. The van der Waals surface area contributed by atoms with Gasteiger partial charge in [0, 0.05) is 18.7 Å². The third-order valence-corrected chi connectivity index (χ3v) is 3.32. The smallest absolute Gasteiger partial charge is 0.113 e. The Morgan fingerprint density at radius 1 is 1.37 bits per heavy atom. The fourth-order valence-corrected chi connectivity index (χ4v) is 2.30. The van der Waals surface area contributed by atoms with E-state index < -0.39 is 5.60 Å². The van der Waals surface area contributed by atoms with E-state index in [1.165, 1.54) is 0 Å². The van der Waals surface area contributed by atoms with Crippen LogP contribution < -0.4 is 5.73 Å². The molecule has 0 aliphatic heterocycles. The second-order valence-electron chi connectivity index (χ2n) is 4.77. The Balaban J connectivity index is 2.37. The van der Waals surface area contributed by atoms with E-state index in [0.717, 1.165) is 22.9 Å². The summed E-state index contributed by atoms with van der Waals surface area (Å²) >= 11 is 0. The number of ether oxygens (including phenoxy) is 1. The van der Waals surface area contributed by atoms with Crippen molar-refractivity contribution in [2.75, 3.05) is 20.3 Å². The van der Waals surface area contributed by atoms with Crippen LogP contribution in [0.5, 0.6) is 0 Å². The summed E-state index contributed by atoms with van der Waals surface area (Å²) in [5, 5.41) is 11.8. The minimum absolute atomic E-state index is 0.263. The molecular weight excluding hydrogens is 240 g/mol. The first-order valence-electron chi connectivity index (χ1n) is 6.46. The van der Waals surface area contributed by atoms with E-state index in [4.69, 9.17) is 10.5 Å². The molecule has 1 unspecified atom stereocenters. The second-order valence-corrected chi connectivity index (χ2v) is 4.77. The average Bonchev–Trinajstić information content (AvgIpc) is 2.45. The highest BCUT2D eigenvalue weighted by Crippen LogP contribution is 2.29. The molecule has 0 radical (unpaired) electrons. The van der Waals surface area contributed by atoms with Gasteiger partial charge in [0.2, 0.25) is 0 Å². The molecule has 0 fully saturated rings. The number of hydrogen-bond acceptors (Lipinski definition) is 4. The molecule has 4 heteroatoms. The minimum atomic E-state index is -0.988. The first-order valence-corrected chi connectivity index (χ1v) is 6.46. The van der Waals surface area contributed by atoms with Gasteiger partial charge in [0.25, 0.3) is 0 Å². The lowest BCUT2D eigenvalue weighted by Crippen LogP contribution is -2.32. The Morgan fingerprint density at radius 3 is 2.95 bits per heavy atom. The lowest BCUT2D eigenvalue weighted by atomic mass is 9.89.